The molecule has 0 atom stereocenters. The molecule has 4 aromatic rings. The number of nitrogens with zero attached hydrogens (tertiary/aromatic N) is 3. The lowest BCUT2D eigenvalue weighted by Crippen LogP contribution is -2.54. The fraction of sp³-hybridized carbons (Fsp3) is 0.0606. The Balaban J connectivity index is 1.46. The SMILES string of the molecule is CN(C(=C/C=C1\C(=O)NC(=S)N(c2ccc(Oc3ccccc3)cc2)C1=O)N(C)c1ccccc1)c1ccccc1. The average molecular weight is 561 g/mol. The summed E-state index contributed by atoms with van der Waals surface area (Å²) in [6.07, 6.45) is 3.30. The Morgan fingerprint density at radius 2 is 1.22 bits per heavy atom. The van der Waals surface area contributed by atoms with E-state index in [-0.39, 0.29) is 10.7 Å². The van der Waals surface area contributed by atoms with Crippen molar-refractivity contribution in [2.75, 3.05) is 28.8 Å². The van der Waals surface area contributed by atoms with E-state index in [0.717, 1.165) is 17.2 Å². The molecule has 0 unspecified atom stereocenters. The summed E-state index contributed by atoms with van der Waals surface area (Å²) in [6.45, 7) is 0. The van der Waals surface area contributed by atoms with Gasteiger partial charge >= 0.3 is 0 Å². The number of rotatable bonds is 8. The van der Waals surface area contributed by atoms with Crippen LogP contribution in [0.4, 0.5) is 17.1 Å². The highest BCUT2D eigenvalue weighted by molar-refractivity contribution is 7.80. The third-order valence-corrected chi connectivity index (χ3v) is 6.83. The molecule has 0 bridgehead atoms. The van der Waals surface area contributed by atoms with E-state index in [1.165, 1.54) is 11.0 Å². The molecule has 0 spiro atoms. The van der Waals surface area contributed by atoms with Crippen molar-refractivity contribution >= 4 is 46.2 Å². The van der Waals surface area contributed by atoms with E-state index in [1.807, 2.05) is 115 Å². The molecule has 41 heavy (non-hydrogen) atoms. The van der Waals surface area contributed by atoms with E-state index in [9.17, 15) is 9.59 Å². The van der Waals surface area contributed by atoms with Gasteiger partial charge in [-0.2, -0.15) is 0 Å². The minimum Gasteiger partial charge on any atom is -0.457 e. The van der Waals surface area contributed by atoms with E-state index in [1.54, 1.807) is 30.3 Å². The highest BCUT2D eigenvalue weighted by Crippen LogP contribution is 2.28. The number of amides is 2. The molecule has 1 N–H and O–H groups in total. The average Bonchev–Trinajstić information content (AvgIpc) is 3.00. The number of carbonyl (C=O) groups is 2. The second-order valence-corrected chi connectivity index (χ2v) is 9.59. The molecule has 0 aliphatic carbocycles. The van der Waals surface area contributed by atoms with E-state index in [2.05, 4.69) is 5.32 Å². The number of anilines is 3. The van der Waals surface area contributed by atoms with Gasteiger partial charge in [0.1, 0.15) is 22.9 Å². The Kier molecular flexibility index (Phi) is 8.22. The predicted octanol–water partition coefficient (Wildman–Crippen LogP) is 6.27. The van der Waals surface area contributed by atoms with Gasteiger partial charge in [-0.15, -0.1) is 0 Å². The van der Waals surface area contributed by atoms with Gasteiger partial charge in [0.2, 0.25) is 0 Å². The van der Waals surface area contributed by atoms with Crippen LogP contribution in [-0.4, -0.2) is 31.0 Å². The van der Waals surface area contributed by atoms with Crippen LogP contribution in [0.5, 0.6) is 11.5 Å². The second kappa shape index (κ2) is 12.3. The Labute approximate surface area is 244 Å². The van der Waals surface area contributed by atoms with Gasteiger partial charge in [-0.3, -0.25) is 19.8 Å². The van der Waals surface area contributed by atoms with Crippen LogP contribution in [0.25, 0.3) is 0 Å². The van der Waals surface area contributed by atoms with Crippen LogP contribution in [0, 0.1) is 0 Å². The maximum atomic E-state index is 13.6. The molecule has 0 saturated carbocycles. The molecule has 7 nitrogen and oxygen atoms in total. The topological polar surface area (TPSA) is 65.1 Å². The molecule has 1 fully saturated rings. The summed E-state index contributed by atoms with van der Waals surface area (Å²) in [5.41, 5.74) is 2.36. The maximum Gasteiger partial charge on any atom is 0.270 e. The quantitative estimate of drug-likeness (QED) is 0.156. The van der Waals surface area contributed by atoms with Gasteiger partial charge in [-0.25, -0.2) is 0 Å². The fourth-order valence-electron chi connectivity index (χ4n) is 4.37. The molecule has 1 aliphatic heterocycles. The standard InChI is InChI=1S/C33H28N4O3S/c1-35(24-12-6-3-7-13-24)30(36(2)25-14-8-4-9-15-25)23-22-29-31(38)34-33(41)37(32(29)39)26-18-20-28(21-19-26)40-27-16-10-5-11-17-27/h3-23H,1-2H3,(H,34,38,41)/b29-22+. The van der Waals surface area contributed by atoms with E-state index >= 15 is 0 Å². The highest BCUT2D eigenvalue weighted by atomic mass is 32.1. The lowest BCUT2D eigenvalue weighted by atomic mass is 10.1. The van der Waals surface area contributed by atoms with Crippen LogP contribution in [0.15, 0.2) is 139 Å². The van der Waals surface area contributed by atoms with Crippen molar-refractivity contribution in [1.29, 1.82) is 0 Å². The largest absolute Gasteiger partial charge is 0.457 e. The molecular formula is C33H28N4O3S. The number of benzene rings is 4. The zero-order valence-electron chi connectivity index (χ0n) is 22.6. The van der Waals surface area contributed by atoms with Crippen molar-refractivity contribution in [3.05, 3.63) is 139 Å². The molecule has 1 aliphatic rings. The third-order valence-electron chi connectivity index (χ3n) is 6.55. The van der Waals surface area contributed by atoms with Gasteiger partial charge in [0.25, 0.3) is 11.8 Å². The van der Waals surface area contributed by atoms with Crippen molar-refractivity contribution in [2.45, 2.75) is 0 Å². The molecule has 2 amide bonds. The first-order chi connectivity index (χ1) is 19.9. The van der Waals surface area contributed by atoms with Gasteiger partial charge in [0.15, 0.2) is 5.11 Å². The smallest absolute Gasteiger partial charge is 0.270 e. The molecule has 0 aromatic heterocycles. The summed E-state index contributed by atoms with van der Waals surface area (Å²) in [4.78, 5) is 31.9. The van der Waals surface area contributed by atoms with Crippen LogP contribution in [0.1, 0.15) is 0 Å². The monoisotopic (exact) mass is 560 g/mol. The summed E-state index contributed by atoms with van der Waals surface area (Å²) in [5.74, 6) is 0.982. The van der Waals surface area contributed by atoms with Crippen molar-refractivity contribution < 1.29 is 14.3 Å². The minimum absolute atomic E-state index is 0.0147. The molecule has 1 saturated heterocycles. The van der Waals surface area contributed by atoms with Crippen LogP contribution >= 0.6 is 12.2 Å². The van der Waals surface area contributed by atoms with Crippen molar-refractivity contribution in [2.24, 2.45) is 0 Å². The normalized spacial score (nSPS) is 14.0. The van der Waals surface area contributed by atoms with Crippen molar-refractivity contribution in [3.8, 4) is 11.5 Å². The molecule has 8 heteroatoms. The van der Waals surface area contributed by atoms with Crippen LogP contribution in [0.2, 0.25) is 0 Å². The number of thiocarbonyl (C=S) groups is 1. The Hall–Kier alpha value is -5.21. The number of hydrogen-bond acceptors (Lipinski definition) is 6. The first-order valence-electron chi connectivity index (χ1n) is 12.9. The van der Waals surface area contributed by atoms with Gasteiger partial charge in [-0.05, 0) is 85.0 Å². The minimum atomic E-state index is -0.555. The van der Waals surface area contributed by atoms with E-state index in [4.69, 9.17) is 17.0 Å². The number of carbonyl (C=O) groups excluding carboxylic acids is 2. The first kappa shape index (κ1) is 27.4. The molecule has 204 valence electrons. The number of hydrogen-bond donors (Lipinski definition) is 1. The maximum absolute atomic E-state index is 13.6. The summed E-state index contributed by atoms with van der Waals surface area (Å²) >= 11 is 5.38. The summed E-state index contributed by atoms with van der Waals surface area (Å²) in [7, 11) is 3.87. The number of para-hydroxylation sites is 3. The third kappa shape index (κ3) is 6.18. The molecule has 5 rings (SSSR count). The van der Waals surface area contributed by atoms with Gasteiger partial charge in [-0.1, -0.05) is 54.6 Å². The van der Waals surface area contributed by atoms with Crippen LogP contribution in [0.3, 0.4) is 0 Å². The van der Waals surface area contributed by atoms with Gasteiger partial charge in [0, 0.05) is 25.5 Å². The first-order valence-corrected chi connectivity index (χ1v) is 13.4. The molecular weight excluding hydrogens is 532 g/mol. The summed E-state index contributed by atoms with van der Waals surface area (Å²) in [6, 6.07) is 36.0. The van der Waals surface area contributed by atoms with Crippen molar-refractivity contribution in [1.82, 2.24) is 5.32 Å². The van der Waals surface area contributed by atoms with Crippen LogP contribution in [-0.2, 0) is 9.59 Å². The van der Waals surface area contributed by atoms with E-state index in [0.29, 0.717) is 17.2 Å². The predicted molar refractivity (Wildman–Crippen MR) is 167 cm³/mol. The number of allylic oxidation sites excluding steroid dienone is 2. The van der Waals surface area contributed by atoms with Gasteiger partial charge in [0.05, 0.1) is 5.69 Å². The van der Waals surface area contributed by atoms with Gasteiger partial charge < -0.3 is 14.5 Å². The molecule has 4 aromatic carbocycles. The lowest BCUT2D eigenvalue weighted by Gasteiger charge is -2.31. The summed E-state index contributed by atoms with van der Waals surface area (Å²) in [5, 5.41) is 2.66. The zero-order chi connectivity index (χ0) is 28.8. The zero-order valence-corrected chi connectivity index (χ0v) is 23.4. The Morgan fingerprint density at radius 1 is 0.732 bits per heavy atom. The van der Waals surface area contributed by atoms with E-state index < -0.39 is 11.8 Å². The Bertz CT molecular complexity index is 1560. The fourth-order valence-corrected chi connectivity index (χ4v) is 4.65. The van der Waals surface area contributed by atoms with Crippen molar-refractivity contribution in [3.63, 3.8) is 0 Å². The number of ether oxygens (including phenoxy) is 1. The summed E-state index contributed by atoms with van der Waals surface area (Å²) < 4.78 is 5.86. The second-order valence-electron chi connectivity index (χ2n) is 9.20. The molecule has 1 heterocycles. The Morgan fingerprint density at radius 3 is 1.76 bits per heavy atom. The highest BCUT2D eigenvalue weighted by Gasteiger charge is 2.34. The lowest BCUT2D eigenvalue weighted by molar-refractivity contribution is -0.122. The molecule has 0 radical (unpaired) electrons. The number of nitrogens with one attached hydrogen (secondary N) is 1. The van der Waals surface area contributed by atoms with Crippen LogP contribution < -0.4 is 24.8 Å².